The normalized spacial score (nSPS) is 25.9. The molecule has 76 valence electrons. The molecule has 2 rings (SSSR count). The molecule has 0 radical (unpaired) electrons. The topological polar surface area (TPSA) is 20.2 Å². The lowest BCUT2D eigenvalue weighted by molar-refractivity contribution is 0.0241. The van der Waals surface area contributed by atoms with Gasteiger partial charge in [0.15, 0.2) is 0 Å². The first kappa shape index (κ1) is 10.2. The molecular weight excluding hydrogens is 240 g/mol. The Bertz CT molecular complexity index is 324. The Balaban J connectivity index is 2.20. The summed E-state index contributed by atoms with van der Waals surface area (Å²) in [6.45, 7) is 0. The molecule has 0 bridgehead atoms. The van der Waals surface area contributed by atoms with Crippen LogP contribution in [-0.2, 0) is 12.8 Å². The van der Waals surface area contributed by atoms with E-state index in [1.165, 1.54) is 11.1 Å². The number of fused-ring (bicyclic) bond motifs is 1. The Labute approximate surface area is 93.3 Å². The van der Waals surface area contributed by atoms with E-state index >= 15 is 0 Å². The number of alkyl halides is 1. The summed E-state index contributed by atoms with van der Waals surface area (Å²) in [4.78, 5) is 0. The highest BCUT2D eigenvalue weighted by molar-refractivity contribution is 9.09. The van der Waals surface area contributed by atoms with Gasteiger partial charge in [-0.2, -0.15) is 0 Å². The second-order valence-corrected chi connectivity index (χ2v) is 4.90. The van der Waals surface area contributed by atoms with Crippen molar-refractivity contribution in [3.05, 3.63) is 35.4 Å². The maximum Gasteiger partial charge on any atom is 0.0699 e. The third-order valence-electron chi connectivity index (χ3n) is 3.06. The lowest BCUT2D eigenvalue weighted by Crippen LogP contribution is -2.36. The summed E-state index contributed by atoms with van der Waals surface area (Å²) in [5.74, 6) is 0. The Hall–Kier alpha value is -0.340. The van der Waals surface area contributed by atoms with Gasteiger partial charge in [0, 0.05) is 11.8 Å². The van der Waals surface area contributed by atoms with Crippen LogP contribution in [-0.4, -0.2) is 16.0 Å². The summed E-state index contributed by atoms with van der Waals surface area (Å²) in [5.41, 5.74) is 2.26. The van der Waals surface area contributed by atoms with Crippen LogP contribution < -0.4 is 0 Å². The first-order valence-corrected chi connectivity index (χ1v) is 6.21. The van der Waals surface area contributed by atoms with E-state index in [0.717, 1.165) is 31.0 Å². The first-order chi connectivity index (χ1) is 6.73. The zero-order valence-electron chi connectivity index (χ0n) is 8.17. The molecule has 0 spiro atoms. The predicted molar refractivity (Wildman–Crippen MR) is 61.8 cm³/mol. The third kappa shape index (κ3) is 2.01. The summed E-state index contributed by atoms with van der Waals surface area (Å²) < 4.78 is 0. The Morgan fingerprint density at radius 2 is 2.00 bits per heavy atom. The van der Waals surface area contributed by atoms with Gasteiger partial charge in [-0.25, -0.2) is 0 Å². The first-order valence-electron chi connectivity index (χ1n) is 5.09. The van der Waals surface area contributed by atoms with Crippen molar-refractivity contribution >= 4 is 15.9 Å². The highest BCUT2D eigenvalue weighted by Crippen LogP contribution is 2.31. The van der Waals surface area contributed by atoms with Crippen LogP contribution in [0.2, 0.25) is 0 Å². The van der Waals surface area contributed by atoms with E-state index in [0.29, 0.717) is 0 Å². The summed E-state index contributed by atoms with van der Waals surface area (Å²) in [5, 5.41) is 11.2. The summed E-state index contributed by atoms with van der Waals surface area (Å²) >= 11 is 3.40. The molecule has 0 fully saturated rings. The van der Waals surface area contributed by atoms with E-state index < -0.39 is 5.60 Å². The Morgan fingerprint density at radius 3 is 2.71 bits per heavy atom. The van der Waals surface area contributed by atoms with Gasteiger partial charge in [0.25, 0.3) is 0 Å². The van der Waals surface area contributed by atoms with Crippen LogP contribution in [0.4, 0.5) is 0 Å². The van der Waals surface area contributed by atoms with Crippen LogP contribution in [0.25, 0.3) is 0 Å². The third-order valence-corrected chi connectivity index (χ3v) is 3.45. The summed E-state index contributed by atoms with van der Waals surface area (Å²) in [7, 11) is 0. The van der Waals surface area contributed by atoms with Crippen LogP contribution in [0, 0.1) is 0 Å². The van der Waals surface area contributed by atoms with Crippen molar-refractivity contribution in [1.82, 2.24) is 0 Å². The van der Waals surface area contributed by atoms with Gasteiger partial charge in [-0.15, -0.1) is 0 Å². The van der Waals surface area contributed by atoms with Crippen molar-refractivity contribution in [2.24, 2.45) is 0 Å². The lowest BCUT2D eigenvalue weighted by atomic mass is 9.79. The van der Waals surface area contributed by atoms with Gasteiger partial charge in [-0.3, -0.25) is 0 Å². The average Bonchev–Trinajstić information content (AvgIpc) is 2.17. The van der Waals surface area contributed by atoms with Gasteiger partial charge in [0.1, 0.15) is 0 Å². The molecule has 0 unspecified atom stereocenters. The largest absolute Gasteiger partial charge is 0.390 e. The van der Waals surface area contributed by atoms with Crippen molar-refractivity contribution in [3.63, 3.8) is 0 Å². The quantitative estimate of drug-likeness (QED) is 0.805. The van der Waals surface area contributed by atoms with E-state index in [-0.39, 0.29) is 0 Å². The van der Waals surface area contributed by atoms with Crippen molar-refractivity contribution < 1.29 is 5.11 Å². The molecule has 0 aliphatic heterocycles. The zero-order valence-corrected chi connectivity index (χ0v) is 9.76. The van der Waals surface area contributed by atoms with Gasteiger partial charge in [0.2, 0.25) is 0 Å². The van der Waals surface area contributed by atoms with Gasteiger partial charge in [-0.1, -0.05) is 40.2 Å². The minimum Gasteiger partial charge on any atom is -0.390 e. The highest BCUT2D eigenvalue weighted by atomic mass is 79.9. The number of rotatable bonds is 2. The number of aliphatic hydroxyl groups is 1. The van der Waals surface area contributed by atoms with Crippen molar-refractivity contribution in [3.8, 4) is 0 Å². The maximum absolute atomic E-state index is 10.3. The molecule has 0 amide bonds. The second kappa shape index (κ2) is 4.03. The molecule has 0 heterocycles. The molecule has 1 aromatic rings. The summed E-state index contributed by atoms with van der Waals surface area (Å²) in [6, 6.07) is 8.43. The number of hydrogen-bond donors (Lipinski definition) is 1. The average molecular weight is 255 g/mol. The van der Waals surface area contributed by atoms with Crippen molar-refractivity contribution in [2.45, 2.75) is 31.3 Å². The predicted octanol–water partition coefficient (Wildman–Crippen LogP) is 2.69. The fourth-order valence-electron chi connectivity index (χ4n) is 2.17. The van der Waals surface area contributed by atoms with E-state index in [4.69, 9.17) is 0 Å². The molecule has 1 aliphatic carbocycles. The van der Waals surface area contributed by atoms with E-state index in [1.54, 1.807) is 0 Å². The molecular formula is C12H15BrO. The van der Waals surface area contributed by atoms with Crippen LogP contribution in [0.15, 0.2) is 24.3 Å². The standard InChI is InChI=1S/C12H15BrO/c13-8-7-12(14)6-5-10-3-1-2-4-11(10)9-12/h1-4,14H,5-9H2/t12-/m1/s1. The van der Waals surface area contributed by atoms with Crippen LogP contribution in [0.1, 0.15) is 24.0 Å². The molecule has 1 aromatic carbocycles. The molecule has 14 heavy (non-hydrogen) atoms. The molecule has 1 N–H and O–H groups in total. The minimum absolute atomic E-state index is 0.474. The Kier molecular flexibility index (Phi) is 2.93. The highest BCUT2D eigenvalue weighted by Gasteiger charge is 2.30. The van der Waals surface area contributed by atoms with Gasteiger partial charge in [0.05, 0.1) is 5.60 Å². The molecule has 0 saturated carbocycles. The number of aryl methyl sites for hydroxylation is 1. The van der Waals surface area contributed by atoms with Crippen LogP contribution in [0.3, 0.4) is 0 Å². The zero-order chi connectivity index (χ0) is 10.0. The Morgan fingerprint density at radius 1 is 1.29 bits per heavy atom. The van der Waals surface area contributed by atoms with Crippen molar-refractivity contribution in [1.29, 1.82) is 0 Å². The molecule has 1 atom stereocenters. The van der Waals surface area contributed by atoms with E-state index in [2.05, 4.69) is 40.2 Å². The van der Waals surface area contributed by atoms with Gasteiger partial charge >= 0.3 is 0 Å². The van der Waals surface area contributed by atoms with Crippen LogP contribution >= 0.6 is 15.9 Å². The fraction of sp³-hybridized carbons (Fsp3) is 0.500. The molecule has 1 aliphatic rings. The monoisotopic (exact) mass is 254 g/mol. The number of halogens is 1. The number of hydrogen-bond acceptors (Lipinski definition) is 1. The van der Waals surface area contributed by atoms with Crippen LogP contribution in [0.5, 0.6) is 0 Å². The smallest absolute Gasteiger partial charge is 0.0699 e. The number of benzene rings is 1. The SMILES string of the molecule is O[C@@]1(CCBr)CCc2ccccc2C1. The summed E-state index contributed by atoms with van der Waals surface area (Å²) in [6.07, 6.45) is 3.57. The molecule has 2 heteroatoms. The minimum atomic E-state index is -0.474. The fourth-order valence-corrected chi connectivity index (χ4v) is 2.91. The van der Waals surface area contributed by atoms with Crippen molar-refractivity contribution in [2.75, 3.05) is 5.33 Å². The van der Waals surface area contributed by atoms with E-state index in [9.17, 15) is 5.11 Å². The molecule has 1 nitrogen and oxygen atoms in total. The lowest BCUT2D eigenvalue weighted by Gasteiger charge is -2.33. The maximum atomic E-state index is 10.3. The molecule has 0 saturated heterocycles. The van der Waals surface area contributed by atoms with Gasteiger partial charge in [-0.05, 0) is 30.4 Å². The van der Waals surface area contributed by atoms with E-state index in [1.807, 2.05) is 0 Å². The van der Waals surface area contributed by atoms with Gasteiger partial charge < -0.3 is 5.11 Å². The molecule has 0 aromatic heterocycles. The second-order valence-electron chi connectivity index (χ2n) is 4.11.